The maximum Gasteiger partial charge on any atom is 0.230 e. The molecule has 0 spiro atoms. The van der Waals surface area contributed by atoms with Gasteiger partial charge in [-0.05, 0) is 38.1 Å². The fourth-order valence-corrected chi connectivity index (χ4v) is 3.01. The van der Waals surface area contributed by atoms with E-state index in [2.05, 4.69) is 15.5 Å². The first-order valence-electron chi connectivity index (χ1n) is 7.52. The number of rotatable bonds is 8. The molecule has 0 bridgehead atoms. The van der Waals surface area contributed by atoms with Gasteiger partial charge in [0.15, 0.2) is 5.16 Å². The number of carbonyl (C=O) groups is 1. The van der Waals surface area contributed by atoms with Crippen molar-refractivity contribution in [2.75, 3.05) is 26.6 Å². The lowest BCUT2D eigenvalue weighted by Gasteiger charge is -2.13. The maximum absolute atomic E-state index is 12.0. The Hall–Kier alpha value is -2.06. The molecule has 2 aromatic rings. The number of aromatic nitrogens is 3. The van der Waals surface area contributed by atoms with Gasteiger partial charge < -0.3 is 14.8 Å². The van der Waals surface area contributed by atoms with Gasteiger partial charge in [0, 0.05) is 18.8 Å². The van der Waals surface area contributed by atoms with Crippen LogP contribution in [0, 0.1) is 6.92 Å². The summed E-state index contributed by atoms with van der Waals surface area (Å²) in [5.74, 6) is 1.75. The largest absolute Gasteiger partial charge is 0.497 e. The molecule has 0 fully saturated rings. The van der Waals surface area contributed by atoms with E-state index in [0.29, 0.717) is 11.8 Å². The zero-order chi connectivity index (χ0) is 17.5. The zero-order valence-electron chi connectivity index (χ0n) is 14.3. The molecule has 0 unspecified atom stereocenters. The molecule has 1 amide bonds. The molecule has 1 aromatic carbocycles. The van der Waals surface area contributed by atoms with Gasteiger partial charge in [-0.2, -0.15) is 0 Å². The summed E-state index contributed by atoms with van der Waals surface area (Å²) in [5.41, 5.74) is 0.925. The molecule has 2 rings (SSSR count). The number of methoxy groups -OCH3 is 2. The summed E-state index contributed by atoms with van der Waals surface area (Å²) in [7, 11) is 3.24. The standard InChI is InChI=1S/C16H22N4O3S/c1-11(9-22-3)17-15(21)10-24-16-19-18-12(2)20(16)13-5-7-14(23-4)8-6-13/h5-8,11H,9-10H2,1-4H3,(H,17,21)/t11-/m0/s1. The predicted octanol–water partition coefficient (Wildman–Crippen LogP) is 1.83. The Morgan fingerprint density at radius 2 is 2.00 bits per heavy atom. The van der Waals surface area contributed by atoms with Crippen molar-refractivity contribution in [1.29, 1.82) is 0 Å². The van der Waals surface area contributed by atoms with Crippen LogP contribution in [0.25, 0.3) is 5.69 Å². The van der Waals surface area contributed by atoms with Crippen LogP contribution in [0.4, 0.5) is 0 Å². The molecule has 0 radical (unpaired) electrons. The number of nitrogens with one attached hydrogen (secondary N) is 1. The van der Waals surface area contributed by atoms with Crippen molar-refractivity contribution >= 4 is 17.7 Å². The smallest absolute Gasteiger partial charge is 0.230 e. The van der Waals surface area contributed by atoms with E-state index in [4.69, 9.17) is 9.47 Å². The van der Waals surface area contributed by atoms with E-state index in [-0.39, 0.29) is 17.7 Å². The van der Waals surface area contributed by atoms with Crippen LogP contribution >= 0.6 is 11.8 Å². The maximum atomic E-state index is 12.0. The van der Waals surface area contributed by atoms with Crippen molar-refractivity contribution in [1.82, 2.24) is 20.1 Å². The van der Waals surface area contributed by atoms with Crippen LogP contribution in [0.2, 0.25) is 0 Å². The Kier molecular flexibility index (Phi) is 6.62. The van der Waals surface area contributed by atoms with Gasteiger partial charge in [-0.1, -0.05) is 11.8 Å². The molecule has 1 aromatic heterocycles. The lowest BCUT2D eigenvalue weighted by atomic mass is 10.3. The van der Waals surface area contributed by atoms with Crippen LogP contribution in [-0.2, 0) is 9.53 Å². The number of thioether (sulfide) groups is 1. The molecule has 0 aliphatic rings. The first-order chi connectivity index (χ1) is 11.5. The monoisotopic (exact) mass is 350 g/mol. The average Bonchev–Trinajstić information content (AvgIpc) is 2.94. The third-order valence-corrected chi connectivity index (χ3v) is 4.21. The first kappa shape index (κ1) is 18.3. The minimum Gasteiger partial charge on any atom is -0.497 e. The van der Waals surface area contributed by atoms with Crippen LogP contribution in [0.15, 0.2) is 29.4 Å². The minimum absolute atomic E-state index is 0.0238. The van der Waals surface area contributed by atoms with Crippen LogP contribution in [-0.4, -0.2) is 53.3 Å². The molecule has 8 heteroatoms. The first-order valence-corrected chi connectivity index (χ1v) is 8.51. The molecule has 130 valence electrons. The second-order valence-electron chi connectivity index (χ2n) is 5.28. The highest BCUT2D eigenvalue weighted by atomic mass is 32.2. The van der Waals surface area contributed by atoms with Gasteiger partial charge in [0.05, 0.1) is 19.5 Å². The topological polar surface area (TPSA) is 78.3 Å². The van der Waals surface area contributed by atoms with Crippen LogP contribution in [0.1, 0.15) is 12.7 Å². The Morgan fingerprint density at radius 1 is 1.29 bits per heavy atom. The van der Waals surface area contributed by atoms with Gasteiger partial charge in [-0.3, -0.25) is 9.36 Å². The highest BCUT2D eigenvalue weighted by Gasteiger charge is 2.14. The van der Waals surface area contributed by atoms with Crippen molar-refractivity contribution in [2.45, 2.75) is 25.0 Å². The van der Waals surface area contributed by atoms with Gasteiger partial charge >= 0.3 is 0 Å². The molecule has 24 heavy (non-hydrogen) atoms. The fourth-order valence-electron chi connectivity index (χ4n) is 2.20. The van der Waals surface area contributed by atoms with Gasteiger partial charge in [-0.25, -0.2) is 0 Å². The normalized spacial score (nSPS) is 12.0. The number of ether oxygens (including phenoxy) is 2. The molecule has 1 heterocycles. The Bertz CT molecular complexity index is 672. The summed E-state index contributed by atoms with van der Waals surface area (Å²) in [5, 5.41) is 11.8. The predicted molar refractivity (Wildman–Crippen MR) is 92.9 cm³/mol. The number of benzene rings is 1. The van der Waals surface area contributed by atoms with Crippen LogP contribution in [0.5, 0.6) is 5.75 Å². The van der Waals surface area contributed by atoms with Crippen molar-refractivity contribution in [2.24, 2.45) is 0 Å². The van der Waals surface area contributed by atoms with E-state index in [0.717, 1.165) is 17.3 Å². The van der Waals surface area contributed by atoms with E-state index in [9.17, 15) is 4.79 Å². The lowest BCUT2D eigenvalue weighted by Crippen LogP contribution is -2.36. The van der Waals surface area contributed by atoms with Gasteiger partial charge in [0.25, 0.3) is 0 Å². The third-order valence-electron chi connectivity index (χ3n) is 3.28. The summed E-state index contributed by atoms with van der Waals surface area (Å²) in [6.45, 7) is 4.26. The molecule has 1 atom stereocenters. The fraction of sp³-hybridized carbons (Fsp3) is 0.438. The quantitative estimate of drug-likeness (QED) is 0.732. The molecule has 1 N–H and O–H groups in total. The van der Waals surface area contributed by atoms with Gasteiger partial charge in [0.2, 0.25) is 5.91 Å². The summed E-state index contributed by atoms with van der Waals surface area (Å²) in [6, 6.07) is 7.59. The molecule has 7 nitrogen and oxygen atoms in total. The molecular formula is C16H22N4O3S. The minimum atomic E-state index is -0.0634. The van der Waals surface area contributed by atoms with E-state index < -0.39 is 0 Å². The molecule has 0 aliphatic heterocycles. The highest BCUT2D eigenvalue weighted by Crippen LogP contribution is 2.23. The number of hydrogen-bond acceptors (Lipinski definition) is 6. The van der Waals surface area contributed by atoms with Crippen molar-refractivity contribution in [3.05, 3.63) is 30.1 Å². The second-order valence-corrected chi connectivity index (χ2v) is 6.22. The van der Waals surface area contributed by atoms with Crippen LogP contribution in [0.3, 0.4) is 0 Å². The third kappa shape index (κ3) is 4.72. The Labute approximate surface area is 145 Å². The van der Waals surface area contributed by atoms with Crippen molar-refractivity contribution < 1.29 is 14.3 Å². The molecular weight excluding hydrogens is 328 g/mol. The Morgan fingerprint density at radius 3 is 2.62 bits per heavy atom. The average molecular weight is 350 g/mol. The molecule has 0 aliphatic carbocycles. The summed E-state index contributed by atoms with van der Waals surface area (Å²) in [4.78, 5) is 12.0. The molecule has 0 saturated carbocycles. The van der Waals surface area contributed by atoms with Crippen LogP contribution < -0.4 is 10.1 Å². The second kappa shape index (κ2) is 8.70. The highest BCUT2D eigenvalue weighted by molar-refractivity contribution is 7.99. The number of aryl methyl sites for hydroxylation is 1. The van der Waals surface area contributed by atoms with E-state index >= 15 is 0 Å². The number of hydrogen-bond donors (Lipinski definition) is 1. The zero-order valence-corrected chi connectivity index (χ0v) is 15.1. The van der Waals surface area contributed by atoms with Gasteiger partial charge in [-0.15, -0.1) is 10.2 Å². The van der Waals surface area contributed by atoms with Gasteiger partial charge in [0.1, 0.15) is 11.6 Å². The van der Waals surface area contributed by atoms with Crippen molar-refractivity contribution in [3.63, 3.8) is 0 Å². The van der Waals surface area contributed by atoms with E-state index in [1.807, 2.05) is 42.7 Å². The summed E-state index contributed by atoms with van der Waals surface area (Å²) >= 11 is 1.35. The van der Waals surface area contributed by atoms with E-state index in [1.54, 1.807) is 14.2 Å². The summed E-state index contributed by atoms with van der Waals surface area (Å²) in [6.07, 6.45) is 0. The molecule has 0 saturated heterocycles. The summed E-state index contributed by atoms with van der Waals surface area (Å²) < 4.78 is 12.1. The lowest BCUT2D eigenvalue weighted by molar-refractivity contribution is -0.119. The van der Waals surface area contributed by atoms with E-state index in [1.165, 1.54) is 11.8 Å². The number of carbonyl (C=O) groups excluding carboxylic acids is 1. The Balaban J connectivity index is 2.05. The number of nitrogens with zero attached hydrogens (tertiary/aromatic N) is 3. The van der Waals surface area contributed by atoms with Crippen molar-refractivity contribution in [3.8, 4) is 11.4 Å². The number of amides is 1. The SMILES string of the molecule is COC[C@H](C)NC(=O)CSc1nnc(C)n1-c1ccc(OC)cc1.